The van der Waals surface area contributed by atoms with Gasteiger partial charge in [0.25, 0.3) is 0 Å². The van der Waals surface area contributed by atoms with E-state index in [1.54, 1.807) is 11.8 Å². The Balaban J connectivity index is 1.80. The van der Waals surface area contributed by atoms with Crippen LogP contribution in [0.25, 0.3) is 0 Å². The van der Waals surface area contributed by atoms with Gasteiger partial charge in [-0.25, -0.2) is 9.18 Å². The molecule has 1 amide bonds. The van der Waals surface area contributed by atoms with Crippen LogP contribution in [0.5, 0.6) is 5.75 Å². The van der Waals surface area contributed by atoms with E-state index in [1.807, 2.05) is 13.0 Å². The number of carbonyl (C=O) groups is 1. The average molecular weight is 447 g/mol. The molecule has 1 fully saturated rings. The summed E-state index contributed by atoms with van der Waals surface area (Å²) >= 11 is 0. The van der Waals surface area contributed by atoms with Gasteiger partial charge in [0.15, 0.2) is 5.41 Å². The van der Waals surface area contributed by atoms with Gasteiger partial charge in [-0.15, -0.1) is 0 Å². The molecule has 33 heavy (non-hydrogen) atoms. The highest BCUT2D eigenvalue weighted by atomic mass is 19.1. The van der Waals surface area contributed by atoms with Crippen LogP contribution in [-0.2, 0) is 10.2 Å². The second-order valence-electron chi connectivity index (χ2n) is 9.66. The number of nitrogens with zero attached hydrogens (tertiary/aromatic N) is 2. The van der Waals surface area contributed by atoms with Gasteiger partial charge < -0.3 is 19.8 Å². The number of halogens is 1. The Morgan fingerprint density at radius 2 is 1.97 bits per heavy atom. The molecule has 2 aromatic rings. The van der Waals surface area contributed by atoms with Crippen molar-refractivity contribution in [2.24, 2.45) is 5.73 Å². The molecule has 2 N–H and O–H groups in total. The van der Waals surface area contributed by atoms with E-state index in [-0.39, 0.29) is 40.0 Å². The molecule has 4 heterocycles. The number of aryl methyl sites for hydroxylation is 1. The SMILES string of the molecule is Cc1cc2c(c(=O)o1)[C@]1(C(=O)N3c4c(cc(F)cc41)[C@@H](C)CC31CCCC1)C(C#N)=C(N)O2. The molecule has 1 aliphatic carbocycles. The standard InChI is InChI=1S/C25H22FN3O4/c1-12-10-24(5-3-4-6-24)29-20-15(12)8-14(26)9-16(20)25(23(29)31)17(11-27)21(28)33-18-7-13(2)32-22(30)19(18)25/h7-9,12H,3-6,10,28H2,1-2H3/t12-,25+/m0/s1. The van der Waals surface area contributed by atoms with Crippen molar-refractivity contribution in [3.8, 4) is 11.8 Å². The summed E-state index contributed by atoms with van der Waals surface area (Å²) in [6.45, 7) is 3.61. The maximum Gasteiger partial charge on any atom is 0.344 e. The van der Waals surface area contributed by atoms with Crippen LogP contribution in [0.2, 0.25) is 0 Å². The number of carbonyl (C=O) groups excluding carboxylic acids is 1. The maximum absolute atomic E-state index is 15.0. The minimum Gasteiger partial charge on any atom is -0.440 e. The lowest BCUT2D eigenvalue weighted by Gasteiger charge is -2.46. The number of ether oxygens (including phenoxy) is 1. The number of nitriles is 1. The third kappa shape index (κ3) is 2.22. The highest BCUT2D eigenvalue weighted by Gasteiger charge is 2.66. The van der Waals surface area contributed by atoms with Gasteiger partial charge in [-0.2, -0.15) is 5.26 Å². The quantitative estimate of drug-likeness (QED) is 0.661. The summed E-state index contributed by atoms with van der Waals surface area (Å²) in [7, 11) is 0. The summed E-state index contributed by atoms with van der Waals surface area (Å²) in [5, 5.41) is 10.2. The van der Waals surface area contributed by atoms with Crippen molar-refractivity contribution in [3.63, 3.8) is 0 Å². The van der Waals surface area contributed by atoms with Crippen LogP contribution >= 0.6 is 0 Å². The molecule has 0 unspecified atom stereocenters. The zero-order valence-electron chi connectivity index (χ0n) is 18.3. The normalized spacial score (nSPS) is 26.4. The first kappa shape index (κ1) is 20.0. The number of anilines is 1. The summed E-state index contributed by atoms with van der Waals surface area (Å²) < 4.78 is 26.0. The van der Waals surface area contributed by atoms with Crippen LogP contribution in [0.3, 0.4) is 0 Å². The molecule has 4 aliphatic rings. The van der Waals surface area contributed by atoms with E-state index in [4.69, 9.17) is 14.9 Å². The number of fused-ring (bicyclic) bond motifs is 4. The zero-order chi connectivity index (χ0) is 23.3. The van der Waals surface area contributed by atoms with Gasteiger partial charge in [-0.1, -0.05) is 19.8 Å². The third-order valence-electron chi connectivity index (χ3n) is 7.85. The number of amides is 1. The Kier molecular flexibility index (Phi) is 3.80. The molecular formula is C25H22FN3O4. The molecule has 6 rings (SSSR count). The first-order valence-corrected chi connectivity index (χ1v) is 11.2. The van der Waals surface area contributed by atoms with Crippen molar-refractivity contribution in [2.75, 3.05) is 4.90 Å². The molecule has 8 heteroatoms. The zero-order valence-corrected chi connectivity index (χ0v) is 18.3. The number of rotatable bonds is 0. The van der Waals surface area contributed by atoms with E-state index >= 15 is 4.39 Å². The monoisotopic (exact) mass is 447 g/mol. The molecule has 1 saturated carbocycles. The topological polar surface area (TPSA) is 110 Å². The van der Waals surface area contributed by atoms with Crippen LogP contribution in [0.15, 0.2) is 38.9 Å². The van der Waals surface area contributed by atoms with E-state index in [9.17, 15) is 14.9 Å². The third-order valence-corrected chi connectivity index (χ3v) is 7.85. The lowest BCUT2D eigenvalue weighted by atomic mass is 9.69. The van der Waals surface area contributed by atoms with Crippen molar-refractivity contribution in [1.29, 1.82) is 5.26 Å². The summed E-state index contributed by atoms with van der Waals surface area (Å²) in [6.07, 6.45) is 4.25. The molecule has 0 saturated heterocycles. The van der Waals surface area contributed by atoms with E-state index in [0.29, 0.717) is 17.7 Å². The van der Waals surface area contributed by atoms with Crippen molar-refractivity contribution in [2.45, 2.75) is 62.8 Å². The Labute approximate surface area is 189 Å². The molecule has 0 radical (unpaired) electrons. The van der Waals surface area contributed by atoms with Crippen molar-refractivity contribution in [3.05, 3.63) is 68.3 Å². The molecule has 7 nitrogen and oxygen atoms in total. The fourth-order valence-electron chi connectivity index (χ4n) is 6.70. The number of nitrogens with two attached hydrogens (primary N) is 1. The molecule has 2 spiro atoms. The second-order valence-corrected chi connectivity index (χ2v) is 9.66. The van der Waals surface area contributed by atoms with Gasteiger partial charge >= 0.3 is 5.63 Å². The van der Waals surface area contributed by atoms with Crippen LogP contribution in [0.1, 0.15) is 67.4 Å². The molecule has 2 atom stereocenters. The summed E-state index contributed by atoms with van der Waals surface area (Å²) in [5.41, 5.74) is 4.24. The van der Waals surface area contributed by atoms with E-state index in [1.165, 1.54) is 18.2 Å². The molecule has 3 aliphatic heterocycles. The highest BCUT2D eigenvalue weighted by molar-refractivity contribution is 6.16. The van der Waals surface area contributed by atoms with Crippen LogP contribution in [0, 0.1) is 24.1 Å². The second kappa shape index (κ2) is 6.25. The predicted molar refractivity (Wildman–Crippen MR) is 116 cm³/mol. The van der Waals surface area contributed by atoms with Crippen molar-refractivity contribution >= 4 is 11.6 Å². The predicted octanol–water partition coefficient (Wildman–Crippen LogP) is 3.63. The van der Waals surface area contributed by atoms with Gasteiger partial charge in [0.1, 0.15) is 34.5 Å². The Morgan fingerprint density at radius 3 is 2.67 bits per heavy atom. The van der Waals surface area contributed by atoms with E-state index in [0.717, 1.165) is 25.7 Å². The molecule has 168 valence electrons. The van der Waals surface area contributed by atoms with Crippen LogP contribution in [0.4, 0.5) is 10.1 Å². The first-order chi connectivity index (χ1) is 15.7. The number of hydrogen-bond acceptors (Lipinski definition) is 6. The smallest absolute Gasteiger partial charge is 0.344 e. The molecule has 0 bridgehead atoms. The largest absolute Gasteiger partial charge is 0.440 e. The molecule has 1 aromatic heterocycles. The van der Waals surface area contributed by atoms with Crippen molar-refractivity contribution < 1.29 is 18.3 Å². The molecular weight excluding hydrogens is 425 g/mol. The van der Waals surface area contributed by atoms with Gasteiger partial charge in [0, 0.05) is 17.2 Å². The summed E-state index contributed by atoms with van der Waals surface area (Å²) in [6, 6.07) is 6.21. The Bertz CT molecular complexity index is 1400. The number of benzene rings is 1. The first-order valence-electron chi connectivity index (χ1n) is 11.2. The Hall–Kier alpha value is -3.60. The summed E-state index contributed by atoms with van der Waals surface area (Å²) in [5.74, 6) is -0.928. The summed E-state index contributed by atoms with van der Waals surface area (Å²) in [4.78, 5) is 29.6. The van der Waals surface area contributed by atoms with E-state index in [2.05, 4.69) is 0 Å². The van der Waals surface area contributed by atoms with Crippen molar-refractivity contribution in [1.82, 2.24) is 0 Å². The number of hydrogen-bond donors (Lipinski definition) is 1. The fourth-order valence-corrected chi connectivity index (χ4v) is 6.70. The molecule has 1 aromatic carbocycles. The van der Waals surface area contributed by atoms with Gasteiger partial charge in [-0.05, 0) is 49.8 Å². The highest BCUT2D eigenvalue weighted by Crippen LogP contribution is 2.62. The van der Waals surface area contributed by atoms with Gasteiger partial charge in [0.05, 0.1) is 5.69 Å². The minimum atomic E-state index is -1.91. The Morgan fingerprint density at radius 1 is 1.24 bits per heavy atom. The van der Waals surface area contributed by atoms with E-state index < -0.39 is 28.3 Å². The lowest BCUT2D eigenvalue weighted by molar-refractivity contribution is -0.122. The minimum absolute atomic E-state index is 0.00681. The fraction of sp³-hybridized carbons (Fsp3) is 0.400. The lowest BCUT2D eigenvalue weighted by Crippen LogP contribution is -2.57. The van der Waals surface area contributed by atoms with Gasteiger partial charge in [0.2, 0.25) is 11.8 Å². The van der Waals surface area contributed by atoms with Crippen LogP contribution in [-0.4, -0.2) is 11.4 Å². The maximum atomic E-state index is 15.0. The average Bonchev–Trinajstić information content (AvgIpc) is 3.29. The van der Waals surface area contributed by atoms with Crippen LogP contribution < -0.4 is 21.0 Å². The van der Waals surface area contributed by atoms with Gasteiger partial charge in [-0.3, -0.25) is 4.79 Å².